The minimum atomic E-state index is -3.54. The van der Waals surface area contributed by atoms with Crippen molar-refractivity contribution in [3.05, 3.63) is 35.9 Å². The summed E-state index contributed by atoms with van der Waals surface area (Å²) in [5.74, 6) is -0.287. The second-order valence-electron chi connectivity index (χ2n) is 6.60. The second kappa shape index (κ2) is 8.60. The van der Waals surface area contributed by atoms with Gasteiger partial charge in [-0.15, -0.1) is 0 Å². The van der Waals surface area contributed by atoms with Crippen LogP contribution in [0.1, 0.15) is 32.3 Å². The van der Waals surface area contributed by atoms with Gasteiger partial charge >= 0.3 is 0 Å². The summed E-state index contributed by atoms with van der Waals surface area (Å²) in [5, 5.41) is 5.98. The van der Waals surface area contributed by atoms with Gasteiger partial charge in [-0.3, -0.25) is 4.79 Å². The number of carbonyl (C=O) groups excluding carboxylic acids is 1. The molecule has 3 N–H and O–H groups in total. The van der Waals surface area contributed by atoms with Crippen LogP contribution in [0.3, 0.4) is 0 Å². The maximum atomic E-state index is 12.4. The van der Waals surface area contributed by atoms with Gasteiger partial charge in [0.25, 0.3) is 0 Å². The van der Waals surface area contributed by atoms with E-state index >= 15 is 0 Å². The van der Waals surface area contributed by atoms with Crippen LogP contribution in [0, 0.1) is 0 Å². The zero-order valence-electron chi connectivity index (χ0n) is 14.3. The third-order valence-corrected chi connectivity index (χ3v) is 5.42. The van der Waals surface area contributed by atoms with Crippen molar-refractivity contribution in [2.75, 3.05) is 12.3 Å². The number of hydrogen-bond donors (Lipinski definition) is 3. The number of amides is 1. The molecule has 1 heterocycles. The maximum Gasteiger partial charge on any atom is 0.238 e. The van der Waals surface area contributed by atoms with E-state index in [0.29, 0.717) is 6.42 Å². The Morgan fingerprint density at radius 1 is 1.29 bits per heavy atom. The lowest BCUT2D eigenvalue weighted by molar-refractivity contribution is -0.123. The van der Waals surface area contributed by atoms with Gasteiger partial charge in [0.2, 0.25) is 15.9 Å². The highest BCUT2D eigenvalue weighted by Gasteiger charge is 2.28. The van der Waals surface area contributed by atoms with Crippen molar-refractivity contribution in [2.45, 2.75) is 51.2 Å². The molecule has 134 valence electrons. The van der Waals surface area contributed by atoms with E-state index in [9.17, 15) is 13.2 Å². The predicted octanol–water partition coefficient (Wildman–Crippen LogP) is 0.794. The van der Waals surface area contributed by atoms with Crippen LogP contribution in [-0.2, 0) is 21.2 Å². The number of nitrogens with one attached hydrogen (secondary N) is 3. The van der Waals surface area contributed by atoms with Crippen LogP contribution in [0.5, 0.6) is 0 Å². The van der Waals surface area contributed by atoms with Crippen molar-refractivity contribution >= 4 is 15.9 Å². The van der Waals surface area contributed by atoms with Crippen LogP contribution < -0.4 is 15.4 Å². The second-order valence-corrected chi connectivity index (χ2v) is 8.40. The number of hydrogen-bond acceptors (Lipinski definition) is 4. The Bertz CT molecular complexity index is 626. The Morgan fingerprint density at radius 3 is 2.58 bits per heavy atom. The SMILES string of the molecule is CC(C)NC(=O)[C@H](Cc1ccccc1)NS(=O)(=O)C[C@@H]1CCCN1. The first-order valence-electron chi connectivity index (χ1n) is 8.43. The number of sulfonamides is 1. The molecule has 7 heteroatoms. The number of rotatable bonds is 8. The van der Waals surface area contributed by atoms with E-state index in [2.05, 4.69) is 15.4 Å². The van der Waals surface area contributed by atoms with Crippen LogP contribution in [0.25, 0.3) is 0 Å². The summed E-state index contributed by atoms with van der Waals surface area (Å²) < 4.78 is 27.5. The fourth-order valence-electron chi connectivity index (χ4n) is 2.85. The minimum Gasteiger partial charge on any atom is -0.353 e. The van der Waals surface area contributed by atoms with Gasteiger partial charge in [0, 0.05) is 12.1 Å². The van der Waals surface area contributed by atoms with E-state index in [-0.39, 0.29) is 23.7 Å². The molecule has 0 spiro atoms. The van der Waals surface area contributed by atoms with Crippen molar-refractivity contribution in [1.82, 2.24) is 15.4 Å². The molecule has 0 bridgehead atoms. The zero-order valence-corrected chi connectivity index (χ0v) is 15.1. The zero-order chi connectivity index (χ0) is 17.6. The third kappa shape index (κ3) is 6.22. The third-order valence-electron chi connectivity index (χ3n) is 3.93. The van der Waals surface area contributed by atoms with E-state index in [1.54, 1.807) is 0 Å². The molecule has 1 amide bonds. The topological polar surface area (TPSA) is 87.3 Å². The van der Waals surface area contributed by atoms with Crippen LogP contribution in [-0.4, -0.2) is 44.7 Å². The molecule has 1 aromatic carbocycles. The van der Waals surface area contributed by atoms with Crippen LogP contribution in [0.2, 0.25) is 0 Å². The average molecular weight is 353 g/mol. The van der Waals surface area contributed by atoms with Crippen molar-refractivity contribution in [3.63, 3.8) is 0 Å². The van der Waals surface area contributed by atoms with Gasteiger partial charge in [0.1, 0.15) is 6.04 Å². The van der Waals surface area contributed by atoms with Crippen molar-refractivity contribution in [2.24, 2.45) is 0 Å². The van der Waals surface area contributed by atoms with E-state index in [1.165, 1.54) is 0 Å². The van der Waals surface area contributed by atoms with Gasteiger partial charge in [0.15, 0.2) is 0 Å². The molecule has 1 fully saturated rings. The molecule has 0 unspecified atom stereocenters. The highest BCUT2D eigenvalue weighted by atomic mass is 32.2. The van der Waals surface area contributed by atoms with Crippen LogP contribution >= 0.6 is 0 Å². The van der Waals surface area contributed by atoms with Crippen molar-refractivity contribution in [1.29, 1.82) is 0 Å². The summed E-state index contributed by atoms with van der Waals surface area (Å²) in [4.78, 5) is 12.4. The standard InChI is InChI=1S/C17H27N3O3S/c1-13(2)19-17(21)16(11-14-7-4-3-5-8-14)20-24(22,23)12-15-9-6-10-18-15/h3-5,7-8,13,15-16,18,20H,6,9-12H2,1-2H3,(H,19,21)/t15-,16-/m0/s1. The molecule has 2 rings (SSSR count). The van der Waals surface area contributed by atoms with Crippen LogP contribution in [0.15, 0.2) is 30.3 Å². The highest BCUT2D eigenvalue weighted by molar-refractivity contribution is 7.89. The highest BCUT2D eigenvalue weighted by Crippen LogP contribution is 2.09. The molecule has 0 aromatic heterocycles. The summed E-state index contributed by atoms with van der Waals surface area (Å²) in [7, 11) is -3.54. The average Bonchev–Trinajstić information content (AvgIpc) is 2.98. The molecule has 2 atom stereocenters. The minimum absolute atomic E-state index is 0.00719. The Hall–Kier alpha value is -1.44. The van der Waals surface area contributed by atoms with Gasteiger partial charge in [-0.1, -0.05) is 30.3 Å². The van der Waals surface area contributed by atoms with Gasteiger partial charge < -0.3 is 10.6 Å². The lowest BCUT2D eigenvalue weighted by atomic mass is 10.1. The van der Waals surface area contributed by atoms with Gasteiger partial charge in [0.05, 0.1) is 5.75 Å². The molecule has 1 aliphatic heterocycles. The molecular weight excluding hydrogens is 326 g/mol. The molecule has 1 saturated heterocycles. The number of carbonyl (C=O) groups is 1. The van der Waals surface area contributed by atoms with E-state index in [1.807, 2.05) is 44.2 Å². The lowest BCUT2D eigenvalue weighted by Gasteiger charge is -2.21. The van der Waals surface area contributed by atoms with Gasteiger partial charge in [-0.25, -0.2) is 13.1 Å². The van der Waals surface area contributed by atoms with Crippen LogP contribution in [0.4, 0.5) is 0 Å². The molecular formula is C17H27N3O3S. The summed E-state index contributed by atoms with van der Waals surface area (Å²) in [6.45, 7) is 4.56. The van der Waals surface area contributed by atoms with Crippen molar-refractivity contribution in [3.8, 4) is 0 Å². The maximum absolute atomic E-state index is 12.4. The number of benzene rings is 1. The first kappa shape index (κ1) is 18.9. The largest absolute Gasteiger partial charge is 0.353 e. The summed E-state index contributed by atoms with van der Waals surface area (Å²) in [5.41, 5.74) is 0.920. The molecule has 0 radical (unpaired) electrons. The Kier molecular flexibility index (Phi) is 6.77. The summed E-state index contributed by atoms with van der Waals surface area (Å²) in [6.07, 6.45) is 2.17. The fraction of sp³-hybridized carbons (Fsp3) is 0.588. The monoisotopic (exact) mass is 353 g/mol. The van der Waals surface area contributed by atoms with Crippen molar-refractivity contribution < 1.29 is 13.2 Å². The predicted molar refractivity (Wildman–Crippen MR) is 95.2 cm³/mol. The van der Waals surface area contributed by atoms with E-state index in [4.69, 9.17) is 0 Å². The quantitative estimate of drug-likeness (QED) is 0.645. The molecule has 0 saturated carbocycles. The first-order chi connectivity index (χ1) is 11.4. The van der Waals surface area contributed by atoms with Gasteiger partial charge in [-0.05, 0) is 45.2 Å². The molecule has 0 aliphatic carbocycles. The Labute approximate surface area is 144 Å². The van der Waals surface area contributed by atoms with E-state index < -0.39 is 16.1 Å². The molecule has 6 nitrogen and oxygen atoms in total. The van der Waals surface area contributed by atoms with E-state index in [0.717, 1.165) is 24.9 Å². The molecule has 24 heavy (non-hydrogen) atoms. The van der Waals surface area contributed by atoms with Gasteiger partial charge in [-0.2, -0.15) is 0 Å². The normalized spacial score (nSPS) is 19.4. The smallest absolute Gasteiger partial charge is 0.238 e. The Balaban J connectivity index is 2.07. The first-order valence-corrected chi connectivity index (χ1v) is 10.1. The fourth-order valence-corrected chi connectivity index (χ4v) is 4.39. The lowest BCUT2D eigenvalue weighted by Crippen LogP contribution is -2.51. The Morgan fingerprint density at radius 2 is 2.00 bits per heavy atom. The molecule has 1 aliphatic rings. The molecule has 1 aromatic rings. The summed E-state index contributed by atoms with van der Waals surface area (Å²) in [6, 6.07) is 8.55. The summed E-state index contributed by atoms with van der Waals surface area (Å²) >= 11 is 0.